The Morgan fingerprint density at radius 2 is 2.13 bits per heavy atom. The molecule has 3 atom stereocenters. The first kappa shape index (κ1) is 15.5. The molecule has 3 fully saturated rings. The fourth-order valence-corrected chi connectivity index (χ4v) is 5.11. The first-order valence-corrected chi connectivity index (χ1v) is 9.39. The molecule has 4 rings (SSSR count). The van der Waals surface area contributed by atoms with Crippen molar-refractivity contribution < 1.29 is 5.11 Å². The van der Waals surface area contributed by atoms with Gasteiger partial charge in [0.15, 0.2) is 0 Å². The minimum absolute atomic E-state index is 0.255. The van der Waals surface area contributed by atoms with Crippen LogP contribution in [0.4, 0.5) is 0 Å². The number of nitrogens with one attached hydrogen (secondary N) is 1. The van der Waals surface area contributed by atoms with E-state index in [1.807, 2.05) is 12.1 Å². The maximum atomic E-state index is 10.0. The smallest absolute Gasteiger partial charge is 0.115 e. The number of piperidine rings is 1. The van der Waals surface area contributed by atoms with Crippen LogP contribution in [0.1, 0.15) is 44.1 Å². The average Bonchev–Trinajstić information content (AvgIpc) is 3.38. The van der Waals surface area contributed by atoms with Gasteiger partial charge in [-0.3, -0.25) is 0 Å². The number of rotatable bonds is 4. The predicted octanol–water partition coefficient (Wildman–Crippen LogP) is 3.13. The van der Waals surface area contributed by atoms with Crippen LogP contribution < -0.4 is 5.32 Å². The first-order valence-electron chi connectivity index (χ1n) is 9.39. The van der Waals surface area contributed by atoms with E-state index in [-0.39, 0.29) is 5.41 Å². The Kier molecular flexibility index (Phi) is 4.10. The number of hydrogen-bond donors (Lipinski definition) is 2. The van der Waals surface area contributed by atoms with Crippen molar-refractivity contribution in [2.45, 2.75) is 50.0 Å². The van der Waals surface area contributed by atoms with Gasteiger partial charge >= 0.3 is 0 Å². The molecular formula is C20H30N2O. The minimum Gasteiger partial charge on any atom is -0.508 e. The zero-order valence-electron chi connectivity index (χ0n) is 14.3. The van der Waals surface area contributed by atoms with Crippen LogP contribution in [0.2, 0.25) is 0 Å². The van der Waals surface area contributed by atoms with Crippen LogP contribution in [0.25, 0.3) is 0 Å². The molecule has 1 heterocycles. The lowest BCUT2D eigenvalue weighted by molar-refractivity contribution is 0.0426. The number of nitrogens with zero attached hydrogens (tertiary/aromatic N) is 1. The Labute approximate surface area is 140 Å². The lowest BCUT2D eigenvalue weighted by Crippen LogP contribution is -2.55. The second kappa shape index (κ2) is 6.10. The Bertz CT molecular complexity index is 556. The van der Waals surface area contributed by atoms with E-state index in [1.54, 1.807) is 6.07 Å². The van der Waals surface area contributed by atoms with Gasteiger partial charge < -0.3 is 15.3 Å². The molecule has 2 aliphatic carbocycles. The highest BCUT2D eigenvalue weighted by Crippen LogP contribution is 2.50. The Balaban J connectivity index is 1.61. The van der Waals surface area contributed by atoms with Gasteiger partial charge in [-0.05, 0) is 81.6 Å². The molecule has 1 saturated heterocycles. The predicted molar refractivity (Wildman–Crippen MR) is 93.8 cm³/mol. The lowest BCUT2D eigenvalue weighted by Gasteiger charge is -2.53. The summed E-state index contributed by atoms with van der Waals surface area (Å²) in [4.78, 5) is 2.73. The van der Waals surface area contributed by atoms with Gasteiger partial charge in [0, 0.05) is 24.5 Å². The van der Waals surface area contributed by atoms with E-state index in [9.17, 15) is 5.11 Å². The molecule has 126 valence electrons. The molecule has 2 saturated carbocycles. The summed E-state index contributed by atoms with van der Waals surface area (Å²) in [5.41, 5.74) is 1.62. The first-order chi connectivity index (χ1) is 11.2. The van der Waals surface area contributed by atoms with E-state index in [0.717, 1.165) is 11.8 Å². The Hall–Kier alpha value is -1.06. The summed E-state index contributed by atoms with van der Waals surface area (Å²) in [5.74, 6) is 2.14. The monoisotopic (exact) mass is 314 g/mol. The lowest BCUT2D eigenvalue weighted by atomic mass is 9.58. The number of phenolic OH excluding ortho intramolecular Hbond substituents is 1. The number of likely N-dealkylation sites (tertiary alicyclic amines) is 1. The molecule has 0 aromatic heterocycles. The quantitative estimate of drug-likeness (QED) is 0.896. The van der Waals surface area contributed by atoms with Crippen LogP contribution in [0, 0.1) is 11.8 Å². The van der Waals surface area contributed by atoms with Gasteiger partial charge in [0.25, 0.3) is 0 Å². The average molecular weight is 314 g/mol. The van der Waals surface area contributed by atoms with Crippen LogP contribution in [0.5, 0.6) is 5.75 Å². The van der Waals surface area contributed by atoms with E-state index >= 15 is 0 Å². The fraction of sp³-hybridized carbons (Fsp3) is 0.700. The van der Waals surface area contributed by atoms with Crippen molar-refractivity contribution in [3.05, 3.63) is 29.8 Å². The van der Waals surface area contributed by atoms with Gasteiger partial charge in [-0.1, -0.05) is 12.1 Å². The third kappa shape index (κ3) is 3.01. The summed E-state index contributed by atoms with van der Waals surface area (Å²) in [6.45, 7) is 3.80. The topological polar surface area (TPSA) is 35.5 Å². The molecule has 2 N–H and O–H groups in total. The highest BCUT2D eigenvalue weighted by Gasteiger charge is 2.48. The minimum atomic E-state index is 0.255. The molecule has 0 bridgehead atoms. The normalized spacial score (nSPS) is 35.0. The maximum Gasteiger partial charge on any atom is 0.115 e. The van der Waals surface area contributed by atoms with E-state index in [4.69, 9.17) is 0 Å². The molecule has 1 aliphatic heterocycles. The summed E-state index contributed by atoms with van der Waals surface area (Å²) in [5, 5.41) is 13.5. The van der Waals surface area contributed by atoms with Crippen LogP contribution >= 0.6 is 0 Å². The highest BCUT2D eigenvalue weighted by molar-refractivity contribution is 5.35. The molecule has 3 unspecified atom stereocenters. The van der Waals surface area contributed by atoms with Crippen molar-refractivity contribution in [1.29, 1.82) is 0 Å². The molecule has 3 heteroatoms. The highest BCUT2D eigenvalue weighted by atomic mass is 16.3. The molecule has 3 nitrogen and oxygen atoms in total. The molecule has 1 aromatic rings. The van der Waals surface area contributed by atoms with Crippen LogP contribution in [0.3, 0.4) is 0 Å². The number of hydrogen-bond acceptors (Lipinski definition) is 3. The van der Waals surface area contributed by atoms with E-state index in [2.05, 4.69) is 23.3 Å². The third-order valence-electron chi connectivity index (χ3n) is 6.65. The van der Waals surface area contributed by atoms with Crippen LogP contribution in [-0.2, 0) is 5.41 Å². The van der Waals surface area contributed by atoms with Crippen molar-refractivity contribution in [1.82, 2.24) is 10.2 Å². The van der Waals surface area contributed by atoms with Crippen molar-refractivity contribution in [2.75, 3.05) is 26.7 Å². The van der Waals surface area contributed by atoms with Crippen molar-refractivity contribution in [3.63, 3.8) is 0 Å². The third-order valence-corrected chi connectivity index (χ3v) is 6.65. The molecular weight excluding hydrogens is 284 g/mol. The number of fused-ring (bicyclic) bond motifs is 1. The summed E-state index contributed by atoms with van der Waals surface area (Å²) in [6, 6.07) is 8.72. The fourth-order valence-electron chi connectivity index (χ4n) is 5.11. The number of benzene rings is 1. The Morgan fingerprint density at radius 3 is 2.87 bits per heavy atom. The number of phenols is 1. The van der Waals surface area contributed by atoms with Gasteiger partial charge in [-0.15, -0.1) is 0 Å². The van der Waals surface area contributed by atoms with Gasteiger partial charge in [-0.25, -0.2) is 0 Å². The molecule has 0 spiro atoms. The summed E-state index contributed by atoms with van der Waals surface area (Å²) in [7, 11) is 2.10. The Morgan fingerprint density at radius 1 is 1.26 bits per heavy atom. The van der Waals surface area contributed by atoms with Crippen molar-refractivity contribution in [2.24, 2.45) is 11.8 Å². The molecule has 0 amide bonds. The molecule has 0 radical (unpaired) electrons. The largest absolute Gasteiger partial charge is 0.508 e. The van der Waals surface area contributed by atoms with E-state index < -0.39 is 0 Å². The van der Waals surface area contributed by atoms with Gasteiger partial charge in [0.2, 0.25) is 0 Å². The summed E-state index contributed by atoms with van der Waals surface area (Å²) < 4.78 is 0. The van der Waals surface area contributed by atoms with Crippen LogP contribution in [0.15, 0.2) is 24.3 Å². The van der Waals surface area contributed by atoms with E-state index in [1.165, 1.54) is 63.7 Å². The van der Waals surface area contributed by atoms with Gasteiger partial charge in [0.1, 0.15) is 5.75 Å². The summed E-state index contributed by atoms with van der Waals surface area (Å²) >= 11 is 0. The van der Waals surface area contributed by atoms with Gasteiger partial charge in [0.05, 0.1) is 0 Å². The molecule has 1 aromatic carbocycles. The second-order valence-corrected chi connectivity index (χ2v) is 8.12. The van der Waals surface area contributed by atoms with Crippen LogP contribution in [-0.4, -0.2) is 42.7 Å². The number of aromatic hydroxyl groups is 1. The second-order valence-electron chi connectivity index (χ2n) is 8.12. The SMILES string of the molecule is CNC1CCC2CN(CC3CC3)CCC2(c2cccc(O)c2)C1. The van der Waals surface area contributed by atoms with Crippen molar-refractivity contribution >= 4 is 0 Å². The zero-order valence-corrected chi connectivity index (χ0v) is 14.3. The molecule has 3 aliphatic rings. The summed E-state index contributed by atoms with van der Waals surface area (Å²) in [6.07, 6.45) is 7.95. The zero-order chi connectivity index (χ0) is 15.9. The maximum absolute atomic E-state index is 10.0. The van der Waals surface area contributed by atoms with E-state index in [0.29, 0.717) is 11.8 Å². The van der Waals surface area contributed by atoms with Crippen molar-refractivity contribution in [3.8, 4) is 5.75 Å². The molecule has 23 heavy (non-hydrogen) atoms. The van der Waals surface area contributed by atoms with Gasteiger partial charge in [-0.2, -0.15) is 0 Å². The standard InChI is InChI=1S/C20H30N2O/c1-21-18-8-7-17-14-22(13-15-5-6-15)10-9-20(17,12-18)16-3-2-4-19(23)11-16/h2-4,11,15,17-18,21,23H,5-10,12-14H2,1H3.